The molecule has 3 heteroatoms. The van der Waals surface area contributed by atoms with E-state index in [9.17, 15) is 0 Å². The fourth-order valence-corrected chi connectivity index (χ4v) is 1.58. The minimum atomic E-state index is 0.404. The first-order chi connectivity index (χ1) is 7.76. The highest BCUT2D eigenvalue weighted by Crippen LogP contribution is 2.21. The highest BCUT2D eigenvalue weighted by molar-refractivity contribution is 5.64. The van der Waals surface area contributed by atoms with Crippen LogP contribution in [0.1, 0.15) is 11.1 Å². The average Bonchev–Trinajstić information content (AvgIpc) is 2.74. The van der Waals surface area contributed by atoms with Gasteiger partial charge in [-0.2, -0.15) is 10.5 Å². The molecular weight excluding hydrogens is 198 g/mol. The van der Waals surface area contributed by atoms with Gasteiger partial charge in [0.1, 0.15) is 12.1 Å². The van der Waals surface area contributed by atoms with Crippen LogP contribution in [0.15, 0.2) is 30.5 Å². The number of aryl methyl sites for hydroxylation is 1. The van der Waals surface area contributed by atoms with Crippen molar-refractivity contribution in [1.82, 2.24) is 4.57 Å². The Bertz CT molecular complexity index is 609. The smallest absolute Gasteiger partial charge is 0.101 e. The lowest BCUT2D eigenvalue weighted by atomic mass is 10.0. The number of hydrogen-bond acceptors (Lipinski definition) is 2. The summed E-state index contributed by atoms with van der Waals surface area (Å²) in [6, 6.07) is 14.1. The third-order valence-corrected chi connectivity index (χ3v) is 2.42. The van der Waals surface area contributed by atoms with Crippen LogP contribution in [0.4, 0.5) is 0 Å². The van der Waals surface area contributed by atoms with Gasteiger partial charge in [0.25, 0.3) is 0 Å². The van der Waals surface area contributed by atoms with E-state index in [2.05, 4.69) is 6.07 Å². The first-order valence-corrected chi connectivity index (χ1v) is 4.73. The van der Waals surface area contributed by atoms with Gasteiger partial charge in [-0.15, -0.1) is 0 Å². The van der Waals surface area contributed by atoms with Crippen molar-refractivity contribution in [2.45, 2.75) is 0 Å². The predicted octanol–water partition coefficient (Wildman–Crippen LogP) is 2.24. The first kappa shape index (κ1) is 10.0. The Morgan fingerprint density at radius 1 is 1.19 bits per heavy atom. The van der Waals surface area contributed by atoms with Crippen LogP contribution in [0, 0.1) is 28.7 Å². The zero-order chi connectivity index (χ0) is 11.5. The maximum atomic E-state index is 8.93. The number of nitriles is 2. The molecule has 0 spiro atoms. The van der Waals surface area contributed by atoms with E-state index in [0.717, 1.165) is 11.3 Å². The Hall–Kier alpha value is -2.52. The summed E-state index contributed by atoms with van der Waals surface area (Å²) in [4.78, 5) is 0. The van der Waals surface area contributed by atoms with Crippen LogP contribution in [0.3, 0.4) is 0 Å². The quantitative estimate of drug-likeness (QED) is 0.718. The highest BCUT2D eigenvalue weighted by atomic mass is 14.9. The minimum absolute atomic E-state index is 0.404. The van der Waals surface area contributed by atoms with E-state index in [4.69, 9.17) is 10.5 Å². The summed E-state index contributed by atoms with van der Waals surface area (Å²) in [6.45, 7) is 0. The Balaban J connectivity index is 2.59. The maximum Gasteiger partial charge on any atom is 0.101 e. The number of rotatable bonds is 1. The molecule has 0 unspecified atom stereocenters. The molecule has 2 rings (SSSR count). The summed E-state index contributed by atoms with van der Waals surface area (Å²) in [5.41, 5.74) is 2.70. The summed E-state index contributed by atoms with van der Waals surface area (Å²) < 4.78 is 1.92. The zero-order valence-corrected chi connectivity index (χ0v) is 8.73. The number of nitrogens with zero attached hydrogens (tertiary/aromatic N) is 3. The van der Waals surface area contributed by atoms with Crippen molar-refractivity contribution in [2.75, 3.05) is 0 Å². The van der Waals surface area contributed by atoms with Crippen molar-refractivity contribution >= 4 is 0 Å². The van der Waals surface area contributed by atoms with Crippen LogP contribution in [0.25, 0.3) is 11.3 Å². The Morgan fingerprint density at radius 2 is 1.94 bits per heavy atom. The third-order valence-electron chi connectivity index (χ3n) is 2.42. The van der Waals surface area contributed by atoms with Crippen molar-refractivity contribution in [3.63, 3.8) is 0 Å². The molecule has 0 amide bonds. The molecule has 1 aromatic carbocycles. The molecule has 0 aliphatic rings. The summed E-state index contributed by atoms with van der Waals surface area (Å²) in [5.74, 6) is 0. The molecule has 0 bridgehead atoms. The van der Waals surface area contributed by atoms with Crippen molar-refractivity contribution in [1.29, 1.82) is 10.5 Å². The molecule has 0 fully saturated rings. The van der Waals surface area contributed by atoms with Crippen LogP contribution in [-0.4, -0.2) is 4.57 Å². The van der Waals surface area contributed by atoms with Crippen molar-refractivity contribution in [2.24, 2.45) is 7.05 Å². The van der Waals surface area contributed by atoms with E-state index in [1.54, 1.807) is 12.1 Å². The number of aromatic nitrogens is 1. The topological polar surface area (TPSA) is 52.5 Å². The van der Waals surface area contributed by atoms with Gasteiger partial charge in [-0.1, -0.05) is 6.07 Å². The number of benzene rings is 1. The molecule has 0 atom stereocenters. The molecule has 0 saturated carbocycles. The second-order valence-electron chi connectivity index (χ2n) is 3.42. The van der Waals surface area contributed by atoms with Crippen LogP contribution >= 0.6 is 0 Å². The van der Waals surface area contributed by atoms with Crippen LogP contribution in [-0.2, 0) is 7.05 Å². The van der Waals surface area contributed by atoms with Gasteiger partial charge >= 0.3 is 0 Å². The lowest BCUT2D eigenvalue weighted by Crippen LogP contribution is -1.91. The molecule has 1 heterocycles. The van der Waals surface area contributed by atoms with E-state index in [-0.39, 0.29) is 0 Å². The van der Waals surface area contributed by atoms with Crippen molar-refractivity contribution in [3.8, 4) is 23.4 Å². The van der Waals surface area contributed by atoms with Crippen LogP contribution in [0.5, 0.6) is 0 Å². The van der Waals surface area contributed by atoms with Crippen molar-refractivity contribution in [3.05, 3.63) is 47.7 Å². The Labute approximate surface area is 93.8 Å². The first-order valence-electron chi connectivity index (χ1n) is 4.73. The average molecular weight is 206 g/mol. The summed E-state index contributed by atoms with van der Waals surface area (Å²) >= 11 is 0. The highest BCUT2D eigenvalue weighted by Gasteiger charge is 2.06. The van der Waals surface area contributed by atoms with Gasteiger partial charge in [-0.3, -0.25) is 0 Å². The molecule has 0 N–H and O–H groups in total. The molecule has 3 nitrogen and oxygen atoms in total. The van der Waals surface area contributed by atoms with Gasteiger partial charge in [0.05, 0.1) is 11.1 Å². The number of hydrogen-bond donors (Lipinski definition) is 0. The van der Waals surface area contributed by atoms with Gasteiger partial charge in [-0.05, 0) is 23.8 Å². The monoisotopic (exact) mass is 206 g/mol. The minimum Gasteiger partial charge on any atom is -0.350 e. The van der Waals surface area contributed by atoms with Gasteiger partial charge in [0, 0.05) is 25.0 Å². The van der Waals surface area contributed by atoms with Gasteiger partial charge in [0.2, 0.25) is 0 Å². The van der Waals surface area contributed by atoms with Crippen LogP contribution < -0.4 is 0 Å². The van der Waals surface area contributed by atoms with Gasteiger partial charge in [-0.25, -0.2) is 0 Å². The summed E-state index contributed by atoms with van der Waals surface area (Å²) in [7, 11) is 1.91. The van der Waals surface area contributed by atoms with Gasteiger partial charge < -0.3 is 4.57 Å². The standard InChI is InChI=1S/C13H8N3/c1-16-6-2-3-13(16)10-4-5-11(8-14)12(7-10)9-15/h3-7H,1H3. The second kappa shape index (κ2) is 3.92. The molecule has 16 heavy (non-hydrogen) atoms. The molecule has 1 aromatic heterocycles. The van der Waals surface area contributed by atoms with E-state index in [1.807, 2.05) is 42.1 Å². The van der Waals surface area contributed by atoms with Crippen molar-refractivity contribution < 1.29 is 0 Å². The Morgan fingerprint density at radius 3 is 2.50 bits per heavy atom. The summed E-state index contributed by atoms with van der Waals surface area (Å²) in [6.07, 6.45) is 1.82. The van der Waals surface area contributed by atoms with E-state index < -0.39 is 0 Å². The Kier molecular flexibility index (Phi) is 2.45. The fraction of sp³-hybridized carbons (Fsp3) is 0.0769. The predicted molar refractivity (Wildman–Crippen MR) is 59.1 cm³/mol. The molecule has 0 aliphatic carbocycles. The summed E-state index contributed by atoms with van der Waals surface area (Å²) in [5, 5.41) is 17.7. The fourth-order valence-electron chi connectivity index (χ4n) is 1.58. The lowest BCUT2D eigenvalue weighted by molar-refractivity contribution is 0.936. The van der Waals surface area contributed by atoms with E-state index >= 15 is 0 Å². The lowest BCUT2D eigenvalue weighted by Gasteiger charge is -2.04. The molecule has 0 saturated heterocycles. The van der Waals surface area contributed by atoms with E-state index in [0.29, 0.717) is 11.1 Å². The SMILES string of the molecule is Cn1c[c]cc1-c1ccc(C#N)c(C#N)c1. The van der Waals surface area contributed by atoms with Gasteiger partial charge in [0.15, 0.2) is 0 Å². The zero-order valence-electron chi connectivity index (χ0n) is 8.73. The maximum absolute atomic E-state index is 8.93. The van der Waals surface area contributed by atoms with Crippen LogP contribution in [0.2, 0.25) is 0 Å². The second-order valence-corrected chi connectivity index (χ2v) is 3.42. The molecule has 1 radical (unpaired) electrons. The third kappa shape index (κ3) is 1.55. The van der Waals surface area contributed by atoms with E-state index in [1.165, 1.54) is 0 Å². The molecule has 75 valence electrons. The molecule has 0 aliphatic heterocycles. The molecule has 2 aromatic rings. The largest absolute Gasteiger partial charge is 0.350 e. The molecular formula is C13H8N3. The normalized spacial score (nSPS) is 9.44.